The molecule has 0 N–H and O–H groups in total. The topological polar surface area (TPSA) is 78.7 Å². The SMILES string of the molecule is COc1cc(C(=O)N2CCCC[C@H]2c2nn(C)cc2-c2ccncc2)cc(OC)c1OC. The van der Waals surface area contributed by atoms with Crippen molar-refractivity contribution in [3.8, 4) is 28.4 Å². The molecule has 0 saturated carbocycles. The Kier molecular flexibility index (Phi) is 6.30. The van der Waals surface area contributed by atoms with Crippen molar-refractivity contribution >= 4 is 5.91 Å². The number of aromatic nitrogens is 3. The van der Waals surface area contributed by atoms with Crippen molar-refractivity contribution in [3.05, 3.63) is 54.1 Å². The summed E-state index contributed by atoms with van der Waals surface area (Å²) in [5, 5.41) is 4.76. The fourth-order valence-electron chi connectivity index (χ4n) is 4.33. The van der Waals surface area contributed by atoms with E-state index in [9.17, 15) is 4.79 Å². The second-order valence-corrected chi connectivity index (χ2v) is 7.76. The first kappa shape index (κ1) is 21.7. The normalized spacial score (nSPS) is 16.0. The van der Waals surface area contributed by atoms with Crippen molar-refractivity contribution < 1.29 is 19.0 Å². The maximum absolute atomic E-state index is 13.7. The van der Waals surface area contributed by atoms with Gasteiger partial charge in [0.2, 0.25) is 5.75 Å². The molecule has 1 aliphatic heterocycles. The van der Waals surface area contributed by atoms with Crippen LogP contribution < -0.4 is 14.2 Å². The van der Waals surface area contributed by atoms with Crippen molar-refractivity contribution in [3.63, 3.8) is 0 Å². The average molecular weight is 437 g/mol. The van der Waals surface area contributed by atoms with E-state index in [2.05, 4.69) is 4.98 Å². The predicted molar refractivity (Wildman–Crippen MR) is 120 cm³/mol. The van der Waals surface area contributed by atoms with Gasteiger partial charge in [-0.3, -0.25) is 14.5 Å². The zero-order valence-electron chi connectivity index (χ0n) is 18.9. The number of carbonyl (C=O) groups excluding carboxylic acids is 1. The second kappa shape index (κ2) is 9.30. The molecule has 3 aromatic rings. The first-order chi connectivity index (χ1) is 15.6. The Balaban J connectivity index is 1.74. The Labute approximate surface area is 187 Å². The van der Waals surface area contributed by atoms with Crippen molar-refractivity contribution in [2.75, 3.05) is 27.9 Å². The molecule has 0 unspecified atom stereocenters. The van der Waals surface area contributed by atoms with Gasteiger partial charge in [0, 0.05) is 43.3 Å². The highest BCUT2D eigenvalue weighted by Gasteiger charge is 2.33. The molecular formula is C24H28N4O4. The van der Waals surface area contributed by atoms with Gasteiger partial charge in [0.05, 0.1) is 33.1 Å². The molecule has 0 aliphatic carbocycles. The summed E-state index contributed by atoms with van der Waals surface area (Å²) >= 11 is 0. The molecule has 32 heavy (non-hydrogen) atoms. The third-order valence-electron chi connectivity index (χ3n) is 5.84. The number of pyridine rings is 1. The first-order valence-electron chi connectivity index (χ1n) is 10.6. The van der Waals surface area contributed by atoms with Crippen LogP contribution >= 0.6 is 0 Å². The summed E-state index contributed by atoms with van der Waals surface area (Å²) < 4.78 is 18.1. The lowest BCUT2D eigenvalue weighted by molar-refractivity contribution is 0.0605. The molecule has 8 heteroatoms. The van der Waals surface area contributed by atoms with Gasteiger partial charge in [0.15, 0.2) is 11.5 Å². The number of hydrogen-bond donors (Lipinski definition) is 0. The summed E-state index contributed by atoms with van der Waals surface area (Å²) in [5.74, 6) is 1.30. The number of amides is 1. The smallest absolute Gasteiger partial charge is 0.254 e. The molecule has 8 nitrogen and oxygen atoms in total. The fraction of sp³-hybridized carbons (Fsp3) is 0.375. The zero-order valence-corrected chi connectivity index (χ0v) is 18.9. The van der Waals surface area contributed by atoms with Crippen LogP contribution in [0.3, 0.4) is 0 Å². The molecule has 1 atom stereocenters. The number of ether oxygens (including phenoxy) is 3. The van der Waals surface area contributed by atoms with Crippen LogP contribution in [-0.4, -0.2) is 53.4 Å². The lowest BCUT2D eigenvalue weighted by Crippen LogP contribution is -2.39. The number of carbonyl (C=O) groups is 1. The minimum atomic E-state index is -0.125. The molecule has 4 rings (SSSR count). The summed E-state index contributed by atoms with van der Waals surface area (Å²) in [7, 11) is 6.54. The van der Waals surface area contributed by atoms with Crippen molar-refractivity contribution in [1.29, 1.82) is 0 Å². The van der Waals surface area contributed by atoms with E-state index in [1.165, 1.54) is 0 Å². The lowest BCUT2D eigenvalue weighted by atomic mass is 9.94. The van der Waals surface area contributed by atoms with Crippen molar-refractivity contribution in [1.82, 2.24) is 19.7 Å². The van der Waals surface area contributed by atoms with Crippen LogP contribution in [0.4, 0.5) is 0 Å². The van der Waals surface area contributed by atoms with E-state index >= 15 is 0 Å². The number of benzene rings is 1. The Hall–Kier alpha value is -3.55. The number of hydrogen-bond acceptors (Lipinski definition) is 6. The molecule has 1 aromatic carbocycles. The Morgan fingerprint density at radius 2 is 1.72 bits per heavy atom. The summed E-state index contributed by atoms with van der Waals surface area (Å²) in [4.78, 5) is 19.7. The van der Waals surface area contributed by atoms with E-state index in [-0.39, 0.29) is 11.9 Å². The number of nitrogens with zero attached hydrogens (tertiary/aromatic N) is 4. The number of methoxy groups -OCH3 is 3. The van der Waals surface area contributed by atoms with Crippen LogP contribution in [0.25, 0.3) is 11.1 Å². The van der Waals surface area contributed by atoms with Gasteiger partial charge in [-0.05, 0) is 49.1 Å². The molecule has 0 spiro atoms. The second-order valence-electron chi connectivity index (χ2n) is 7.76. The summed E-state index contributed by atoms with van der Waals surface area (Å²) in [6, 6.07) is 7.22. The van der Waals surface area contributed by atoms with Crippen LogP contribution in [0.1, 0.15) is 41.4 Å². The molecule has 3 heterocycles. The van der Waals surface area contributed by atoms with Crippen LogP contribution in [0.2, 0.25) is 0 Å². The third-order valence-corrected chi connectivity index (χ3v) is 5.84. The Bertz CT molecular complexity index is 1070. The van der Waals surface area contributed by atoms with Gasteiger partial charge >= 0.3 is 0 Å². The summed E-state index contributed by atoms with van der Waals surface area (Å²) in [5.41, 5.74) is 3.45. The van der Waals surface area contributed by atoms with Crippen LogP contribution in [-0.2, 0) is 7.05 Å². The number of rotatable bonds is 6. The molecule has 1 fully saturated rings. The van der Waals surface area contributed by atoms with Crippen LogP contribution in [0.5, 0.6) is 17.2 Å². The number of likely N-dealkylation sites (tertiary alicyclic amines) is 1. The monoisotopic (exact) mass is 436 g/mol. The highest BCUT2D eigenvalue weighted by atomic mass is 16.5. The molecule has 2 aromatic heterocycles. The molecule has 0 bridgehead atoms. The largest absolute Gasteiger partial charge is 0.493 e. The van der Waals surface area contributed by atoms with Crippen LogP contribution in [0.15, 0.2) is 42.9 Å². The van der Waals surface area contributed by atoms with Crippen LogP contribution in [0, 0.1) is 0 Å². The number of piperidine rings is 1. The average Bonchev–Trinajstić information content (AvgIpc) is 3.24. The van der Waals surface area contributed by atoms with Gasteiger partial charge < -0.3 is 19.1 Å². The molecular weight excluding hydrogens is 408 g/mol. The summed E-state index contributed by atoms with van der Waals surface area (Å²) in [6.07, 6.45) is 8.38. The minimum Gasteiger partial charge on any atom is -0.493 e. The lowest BCUT2D eigenvalue weighted by Gasteiger charge is -2.35. The van der Waals surface area contributed by atoms with E-state index in [4.69, 9.17) is 19.3 Å². The zero-order chi connectivity index (χ0) is 22.7. The fourth-order valence-corrected chi connectivity index (χ4v) is 4.33. The molecule has 168 valence electrons. The van der Waals surface area contributed by atoms with Gasteiger partial charge in [0.1, 0.15) is 0 Å². The maximum atomic E-state index is 13.7. The maximum Gasteiger partial charge on any atom is 0.254 e. The van der Waals surface area contributed by atoms with E-state index in [1.54, 1.807) is 45.9 Å². The van der Waals surface area contributed by atoms with Gasteiger partial charge in [-0.25, -0.2) is 0 Å². The van der Waals surface area contributed by atoms with E-state index in [1.807, 2.05) is 35.0 Å². The Morgan fingerprint density at radius 3 is 2.34 bits per heavy atom. The molecule has 1 saturated heterocycles. The first-order valence-corrected chi connectivity index (χ1v) is 10.6. The Morgan fingerprint density at radius 1 is 1.03 bits per heavy atom. The van der Waals surface area contributed by atoms with Crippen molar-refractivity contribution in [2.24, 2.45) is 7.05 Å². The van der Waals surface area contributed by atoms with Gasteiger partial charge in [-0.15, -0.1) is 0 Å². The summed E-state index contributed by atoms with van der Waals surface area (Å²) in [6.45, 7) is 0.659. The highest BCUT2D eigenvalue weighted by molar-refractivity contribution is 5.96. The van der Waals surface area contributed by atoms with Gasteiger partial charge in [0.25, 0.3) is 5.91 Å². The highest BCUT2D eigenvalue weighted by Crippen LogP contribution is 2.41. The van der Waals surface area contributed by atoms with E-state index in [0.717, 1.165) is 36.1 Å². The number of aryl methyl sites for hydroxylation is 1. The van der Waals surface area contributed by atoms with Crippen molar-refractivity contribution in [2.45, 2.75) is 25.3 Å². The quantitative estimate of drug-likeness (QED) is 0.584. The van der Waals surface area contributed by atoms with E-state index in [0.29, 0.717) is 29.4 Å². The molecule has 1 aliphatic rings. The standard InChI is InChI=1S/C24H28N4O4/c1-27-15-18(16-8-10-25-11-9-16)22(26-27)19-7-5-6-12-28(19)24(29)17-13-20(30-2)23(32-4)21(14-17)31-3/h8-11,13-15,19H,5-7,12H2,1-4H3/t19-/m0/s1. The molecule has 1 amide bonds. The third kappa shape index (κ3) is 4.00. The molecule has 0 radical (unpaired) electrons. The predicted octanol–water partition coefficient (Wildman–Crippen LogP) is 3.88. The van der Waals surface area contributed by atoms with Gasteiger partial charge in [-0.2, -0.15) is 5.10 Å². The van der Waals surface area contributed by atoms with Gasteiger partial charge in [-0.1, -0.05) is 0 Å². The minimum absolute atomic E-state index is 0.0831. The van der Waals surface area contributed by atoms with E-state index < -0.39 is 0 Å².